The Labute approximate surface area is 167 Å². The van der Waals surface area contributed by atoms with Crippen LogP contribution in [0.5, 0.6) is 11.5 Å². The van der Waals surface area contributed by atoms with E-state index in [1.165, 1.54) is 13.4 Å². The number of furan rings is 1. The van der Waals surface area contributed by atoms with Crippen molar-refractivity contribution in [3.63, 3.8) is 0 Å². The molecule has 0 saturated carbocycles. The van der Waals surface area contributed by atoms with E-state index in [9.17, 15) is 9.59 Å². The Morgan fingerprint density at radius 1 is 1.00 bits per heavy atom. The zero-order valence-corrected chi connectivity index (χ0v) is 15.8. The maximum atomic E-state index is 12.5. The number of nitrogens with one attached hydrogen (secondary N) is 2. The van der Waals surface area contributed by atoms with Crippen LogP contribution in [0.3, 0.4) is 0 Å². The fourth-order valence-corrected chi connectivity index (χ4v) is 2.52. The molecule has 7 heteroatoms. The number of hydrogen-bond donors (Lipinski definition) is 2. The van der Waals surface area contributed by atoms with Crippen molar-refractivity contribution in [3.8, 4) is 11.5 Å². The summed E-state index contributed by atoms with van der Waals surface area (Å²) in [4.78, 5) is 24.5. The highest BCUT2D eigenvalue weighted by atomic mass is 16.5. The Kier molecular flexibility index (Phi) is 6.32. The van der Waals surface area contributed by atoms with Gasteiger partial charge in [0.2, 0.25) is 0 Å². The van der Waals surface area contributed by atoms with Gasteiger partial charge in [-0.3, -0.25) is 9.59 Å². The first-order valence-corrected chi connectivity index (χ1v) is 8.78. The fourth-order valence-electron chi connectivity index (χ4n) is 2.52. The second-order valence-corrected chi connectivity index (χ2v) is 5.93. The van der Waals surface area contributed by atoms with E-state index in [1.807, 2.05) is 0 Å². The lowest BCUT2D eigenvalue weighted by Gasteiger charge is -2.11. The van der Waals surface area contributed by atoms with Crippen molar-refractivity contribution in [3.05, 3.63) is 84.8 Å². The molecule has 2 N–H and O–H groups in total. The number of anilines is 2. The van der Waals surface area contributed by atoms with Crippen LogP contribution in [-0.4, -0.2) is 25.5 Å². The molecule has 148 valence electrons. The number of rotatable bonds is 8. The summed E-state index contributed by atoms with van der Waals surface area (Å²) in [7, 11) is 1.51. The van der Waals surface area contributed by atoms with Crippen LogP contribution >= 0.6 is 0 Å². The number of methoxy groups -OCH3 is 1. The molecule has 0 unspecified atom stereocenters. The van der Waals surface area contributed by atoms with Crippen LogP contribution in [0.4, 0.5) is 11.4 Å². The average Bonchev–Trinajstić information content (AvgIpc) is 3.28. The molecule has 2 aromatic carbocycles. The molecule has 7 nitrogen and oxygen atoms in total. The lowest BCUT2D eigenvalue weighted by atomic mass is 10.1. The van der Waals surface area contributed by atoms with Crippen LogP contribution in [0.15, 0.2) is 77.9 Å². The van der Waals surface area contributed by atoms with Crippen molar-refractivity contribution >= 4 is 23.2 Å². The number of carbonyl (C=O) groups is 2. The molecule has 0 fully saturated rings. The van der Waals surface area contributed by atoms with Crippen LogP contribution in [0, 0.1) is 0 Å². The van der Waals surface area contributed by atoms with Crippen LogP contribution in [0.25, 0.3) is 0 Å². The highest BCUT2D eigenvalue weighted by Crippen LogP contribution is 2.28. The molecule has 1 aromatic heterocycles. The number of carbonyl (C=O) groups excluding carboxylic acids is 2. The monoisotopic (exact) mass is 392 g/mol. The molecule has 0 aliphatic heterocycles. The quantitative estimate of drug-likeness (QED) is 0.556. The fraction of sp³-hybridized carbons (Fsp3) is 0.0909. The second kappa shape index (κ2) is 9.27. The van der Waals surface area contributed by atoms with Gasteiger partial charge in [0.1, 0.15) is 6.61 Å². The normalized spacial score (nSPS) is 10.1. The minimum Gasteiger partial charge on any atom is -0.493 e. The summed E-state index contributed by atoms with van der Waals surface area (Å²) >= 11 is 0. The Hall–Kier alpha value is -4.00. The molecular formula is C22H20N2O5. The molecule has 0 atom stereocenters. The lowest BCUT2D eigenvalue weighted by molar-refractivity contribution is 0.0994. The van der Waals surface area contributed by atoms with Crippen molar-refractivity contribution in [1.29, 1.82) is 0 Å². The van der Waals surface area contributed by atoms with Gasteiger partial charge < -0.3 is 24.5 Å². The summed E-state index contributed by atoms with van der Waals surface area (Å²) in [5.74, 6) is 0.552. The zero-order valence-electron chi connectivity index (χ0n) is 15.8. The van der Waals surface area contributed by atoms with E-state index in [2.05, 4.69) is 17.2 Å². The highest BCUT2D eigenvalue weighted by molar-refractivity contribution is 6.05. The van der Waals surface area contributed by atoms with E-state index in [4.69, 9.17) is 13.9 Å². The topological polar surface area (TPSA) is 89.8 Å². The largest absolute Gasteiger partial charge is 0.493 e. The van der Waals surface area contributed by atoms with Crippen molar-refractivity contribution in [2.45, 2.75) is 0 Å². The predicted octanol–water partition coefficient (Wildman–Crippen LogP) is 4.36. The van der Waals surface area contributed by atoms with Gasteiger partial charge in [0, 0.05) is 16.9 Å². The van der Waals surface area contributed by atoms with Crippen LogP contribution in [0.1, 0.15) is 20.9 Å². The maximum absolute atomic E-state index is 12.5. The van der Waals surface area contributed by atoms with Gasteiger partial charge in [0.25, 0.3) is 11.8 Å². The van der Waals surface area contributed by atoms with E-state index in [-0.39, 0.29) is 17.6 Å². The molecule has 0 spiro atoms. The predicted molar refractivity (Wildman–Crippen MR) is 110 cm³/mol. The zero-order chi connectivity index (χ0) is 20.6. The van der Waals surface area contributed by atoms with Crippen molar-refractivity contribution < 1.29 is 23.5 Å². The summed E-state index contributed by atoms with van der Waals surface area (Å²) in [6.45, 7) is 3.94. The Morgan fingerprint density at radius 3 is 2.28 bits per heavy atom. The van der Waals surface area contributed by atoms with Crippen LogP contribution in [0.2, 0.25) is 0 Å². The minimum atomic E-state index is -0.349. The van der Waals surface area contributed by atoms with Gasteiger partial charge in [-0.2, -0.15) is 0 Å². The molecule has 3 aromatic rings. The smallest absolute Gasteiger partial charge is 0.291 e. The van der Waals surface area contributed by atoms with Gasteiger partial charge in [-0.05, 0) is 54.6 Å². The molecule has 0 aliphatic rings. The molecule has 0 saturated heterocycles. The summed E-state index contributed by atoms with van der Waals surface area (Å²) in [6.07, 6.45) is 3.06. The number of ether oxygens (including phenoxy) is 2. The standard InChI is InChI=1S/C22H20N2O5/c1-3-12-28-18-11-6-15(14-20(18)27-2)21(25)23-16-7-9-17(10-8-16)24-22(26)19-5-4-13-29-19/h3-11,13-14H,1,12H2,2H3,(H,23,25)(H,24,26). The molecule has 3 rings (SSSR count). The third-order valence-electron chi connectivity index (χ3n) is 3.93. The van der Waals surface area contributed by atoms with E-state index < -0.39 is 0 Å². The number of hydrogen-bond acceptors (Lipinski definition) is 5. The van der Waals surface area contributed by atoms with Gasteiger partial charge in [-0.25, -0.2) is 0 Å². The Morgan fingerprint density at radius 2 is 1.69 bits per heavy atom. The Balaban J connectivity index is 1.64. The molecule has 0 radical (unpaired) electrons. The summed E-state index contributed by atoms with van der Waals surface area (Å²) < 4.78 is 15.8. The number of amides is 2. The highest BCUT2D eigenvalue weighted by Gasteiger charge is 2.12. The van der Waals surface area contributed by atoms with E-state index in [0.29, 0.717) is 35.0 Å². The van der Waals surface area contributed by atoms with Gasteiger partial charge in [-0.1, -0.05) is 12.7 Å². The van der Waals surface area contributed by atoms with Gasteiger partial charge in [0.05, 0.1) is 13.4 Å². The lowest BCUT2D eigenvalue weighted by Crippen LogP contribution is -2.13. The SMILES string of the molecule is C=CCOc1ccc(C(=O)Nc2ccc(NC(=O)c3ccco3)cc2)cc1OC. The van der Waals surface area contributed by atoms with Crippen LogP contribution < -0.4 is 20.1 Å². The van der Waals surface area contributed by atoms with Crippen molar-refractivity contribution in [2.75, 3.05) is 24.4 Å². The second-order valence-electron chi connectivity index (χ2n) is 5.93. The van der Waals surface area contributed by atoms with E-state index >= 15 is 0 Å². The molecule has 0 bridgehead atoms. The first kappa shape index (κ1) is 19.8. The van der Waals surface area contributed by atoms with E-state index in [1.54, 1.807) is 60.7 Å². The third kappa shape index (κ3) is 5.04. The summed E-state index contributed by atoms with van der Waals surface area (Å²) in [5, 5.41) is 5.51. The molecule has 1 heterocycles. The first-order chi connectivity index (χ1) is 14.1. The Bertz CT molecular complexity index is 995. The maximum Gasteiger partial charge on any atom is 0.291 e. The first-order valence-electron chi connectivity index (χ1n) is 8.78. The summed E-state index contributed by atoms with van der Waals surface area (Å²) in [5.41, 5.74) is 1.58. The summed E-state index contributed by atoms with van der Waals surface area (Å²) in [6, 6.07) is 14.9. The van der Waals surface area contributed by atoms with Crippen LogP contribution in [-0.2, 0) is 0 Å². The van der Waals surface area contributed by atoms with Crippen molar-refractivity contribution in [2.24, 2.45) is 0 Å². The van der Waals surface area contributed by atoms with Gasteiger partial charge in [-0.15, -0.1) is 0 Å². The third-order valence-corrected chi connectivity index (χ3v) is 3.93. The van der Waals surface area contributed by atoms with E-state index in [0.717, 1.165) is 0 Å². The average molecular weight is 392 g/mol. The van der Waals surface area contributed by atoms with Gasteiger partial charge in [0.15, 0.2) is 17.3 Å². The number of benzene rings is 2. The van der Waals surface area contributed by atoms with Gasteiger partial charge >= 0.3 is 0 Å². The van der Waals surface area contributed by atoms with Crippen molar-refractivity contribution in [1.82, 2.24) is 0 Å². The molecule has 2 amide bonds. The molecular weight excluding hydrogens is 372 g/mol. The minimum absolute atomic E-state index is 0.219. The molecule has 29 heavy (non-hydrogen) atoms. The molecule has 0 aliphatic carbocycles.